The SMILES string of the molecule is CC[C@@H](C(=O)NC(C)C)N(CCc1ccccc1)C(=O)CN(c1ccc(Cl)cc1)S(=O)(=O)c1ccc(C)cc1. The maximum Gasteiger partial charge on any atom is 0.264 e. The Morgan fingerprint density at radius 3 is 2.10 bits per heavy atom. The summed E-state index contributed by atoms with van der Waals surface area (Å²) in [4.78, 5) is 28.6. The molecular formula is C30H36ClN3O4S. The molecule has 9 heteroatoms. The summed E-state index contributed by atoms with van der Waals surface area (Å²) in [5.41, 5.74) is 2.23. The van der Waals surface area contributed by atoms with Gasteiger partial charge in [-0.3, -0.25) is 13.9 Å². The minimum absolute atomic E-state index is 0.0660. The third-order valence-electron chi connectivity index (χ3n) is 6.30. The van der Waals surface area contributed by atoms with Crippen molar-refractivity contribution in [1.82, 2.24) is 10.2 Å². The predicted molar refractivity (Wildman–Crippen MR) is 156 cm³/mol. The smallest absolute Gasteiger partial charge is 0.264 e. The van der Waals surface area contributed by atoms with Gasteiger partial charge in [-0.05, 0) is 75.6 Å². The molecule has 0 saturated carbocycles. The lowest BCUT2D eigenvalue weighted by Gasteiger charge is -2.33. The lowest BCUT2D eigenvalue weighted by molar-refractivity contribution is -0.139. The molecule has 0 bridgehead atoms. The van der Waals surface area contributed by atoms with Crippen LogP contribution < -0.4 is 9.62 Å². The highest BCUT2D eigenvalue weighted by Gasteiger charge is 2.33. The zero-order valence-corrected chi connectivity index (χ0v) is 24.4. The van der Waals surface area contributed by atoms with Crippen LogP contribution in [-0.2, 0) is 26.0 Å². The van der Waals surface area contributed by atoms with Gasteiger partial charge in [0.1, 0.15) is 12.6 Å². The van der Waals surface area contributed by atoms with Gasteiger partial charge in [-0.15, -0.1) is 0 Å². The van der Waals surface area contributed by atoms with E-state index in [-0.39, 0.29) is 23.4 Å². The van der Waals surface area contributed by atoms with E-state index in [9.17, 15) is 18.0 Å². The summed E-state index contributed by atoms with van der Waals surface area (Å²) >= 11 is 6.07. The fourth-order valence-corrected chi connectivity index (χ4v) is 5.79. The molecule has 0 unspecified atom stereocenters. The van der Waals surface area contributed by atoms with Crippen molar-refractivity contribution >= 4 is 39.1 Å². The predicted octanol–water partition coefficient (Wildman–Crippen LogP) is 5.22. The molecule has 0 spiro atoms. The first-order valence-corrected chi connectivity index (χ1v) is 14.8. The highest BCUT2D eigenvalue weighted by Crippen LogP contribution is 2.26. The van der Waals surface area contributed by atoms with E-state index in [1.165, 1.54) is 17.0 Å². The van der Waals surface area contributed by atoms with E-state index in [0.29, 0.717) is 23.6 Å². The fraction of sp³-hybridized carbons (Fsp3) is 0.333. The Hall–Kier alpha value is -3.36. The first-order valence-electron chi connectivity index (χ1n) is 13.0. The second-order valence-electron chi connectivity index (χ2n) is 9.71. The van der Waals surface area contributed by atoms with Gasteiger partial charge in [-0.2, -0.15) is 0 Å². The number of nitrogens with one attached hydrogen (secondary N) is 1. The number of carbonyl (C=O) groups is 2. The Balaban J connectivity index is 2.00. The van der Waals surface area contributed by atoms with Crippen molar-refractivity contribution in [3.8, 4) is 0 Å². The van der Waals surface area contributed by atoms with Gasteiger partial charge in [0, 0.05) is 17.6 Å². The molecule has 0 aromatic heterocycles. The summed E-state index contributed by atoms with van der Waals surface area (Å²) in [5, 5.41) is 3.34. The van der Waals surface area contributed by atoms with Crippen LogP contribution in [0, 0.1) is 6.92 Å². The molecule has 3 aromatic rings. The topological polar surface area (TPSA) is 86.8 Å². The Morgan fingerprint density at radius 2 is 1.54 bits per heavy atom. The molecule has 0 aliphatic rings. The average Bonchev–Trinajstić information content (AvgIpc) is 2.90. The first-order chi connectivity index (χ1) is 18.5. The number of halogens is 1. The van der Waals surface area contributed by atoms with Gasteiger partial charge in [0.2, 0.25) is 11.8 Å². The third-order valence-corrected chi connectivity index (χ3v) is 8.34. The van der Waals surface area contributed by atoms with E-state index < -0.39 is 28.5 Å². The number of carbonyl (C=O) groups excluding carboxylic acids is 2. The zero-order chi connectivity index (χ0) is 28.6. The largest absolute Gasteiger partial charge is 0.352 e. The van der Waals surface area contributed by atoms with E-state index in [4.69, 9.17) is 11.6 Å². The molecule has 208 valence electrons. The summed E-state index contributed by atoms with van der Waals surface area (Å²) < 4.78 is 28.7. The quantitative estimate of drug-likeness (QED) is 0.324. The number of hydrogen-bond donors (Lipinski definition) is 1. The van der Waals surface area contributed by atoms with Crippen LogP contribution >= 0.6 is 11.6 Å². The van der Waals surface area contributed by atoms with E-state index in [1.807, 2.05) is 58.0 Å². The van der Waals surface area contributed by atoms with Crippen LogP contribution in [0.1, 0.15) is 38.3 Å². The van der Waals surface area contributed by atoms with E-state index >= 15 is 0 Å². The summed E-state index contributed by atoms with van der Waals surface area (Å²) in [7, 11) is -4.11. The van der Waals surface area contributed by atoms with Crippen molar-refractivity contribution in [2.24, 2.45) is 0 Å². The van der Waals surface area contributed by atoms with E-state index in [1.54, 1.807) is 36.4 Å². The lowest BCUT2D eigenvalue weighted by atomic mass is 10.1. The van der Waals surface area contributed by atoms with Gasteiger partial charge in [-0.1, -0.05) is 66.6 Å². The van der Waals surface area contributed by atoms with Crippen LogP contribution in [0.5, 0.6) is 0 Å². The van der Waals surface area contributed by atoms with Gasteiger partial charge < -0.3 is 10.2 Å². The number of amides is 2. The highest BCUT2D eigenvalue weighted by atomic mass is 35.5. The maximum absolute atomic E-state index is 14.0. The molecule has 1 N–H and O–H groups in total. The van der Waals surface area contributed by atoms with Crippen LogP contribution in [0.3, 0.4) is 0 Å². The number of nitrogens with zero attached hydrogens (tertiary/aromatic N) is 2. The summed E-state index contributed by atoms with van der Waals surface area (Å²) in [6.45, 7) is 7.21. The molecule has 3 rings (SSSR count). The average molecular weight is 570 g/mol. The summed E-state index contributed by atoms with van der Waals surface area (Å²) in [6, 6.07) is 21.6. The van der Waals surface area contributed by atoms with Gasteiger partial charge in [0.05, 0.1) is 10.6 Å². The Kier molecular flexibility index (Phi) is 10.5. The molecule has 2 amide bonds. The highest BCUT2D eigenvalue weighted by molar-refractivity contribution is 7.92. The number of hydrogen-bond acceptors (Lipinski definition) is 4. The van der Waals surface area contributed by atoms with Gasteiger partial charge in [0.25, 0.3) is 10.0 Å². The minimum atomic E-state index is -4.11. The monoisotopic (exact) mass is 569 g/mol. The maximum atomic E-state index is 14.0. The molecule has 0 aliphatic carbocycles. The number of sulfonamides is 1. The van der Waals surface area contributed by atoms with Crippen molar-refractivity contribution < 1.29 is 18.0 Å². The van der Waals surface area contributed by atoms with E-state index in [0.717, 1.165) is 15.4 Å². The third kappa shape index (κ3) is 8.07. The molecule has 39 heavy (non-hydrogen) atoms. The number of anilines is 1. The Labute approximate surface area is 236 Å². The van der Waals surface area contributed by atoms with Gasteiger partial charge in [0.15, 0.2) is 0 Å². The van der Waals surface area contributed by atoms with Crippen LogP contribution in [-0.4, -0.2) is 50.3 Å². The standard InChI is InChI=1S/C30H36ClN3O4S/c1-5-28(30(36)32-22(2)3)33(20-19-24-9-7-6-8-10-24)29(35)21-34(26-15-13-25(31)14-16-26)39(37,38)27-17-11-23(4)12-18-27/h6-18,22,28H,5,19-21H2,1-4H3,(H,32,36)/t28-/m0/s1. The second-order valence-corrected chi connectivity index (χ2v) is 12.0. The Morgan fingerprint density at radius 1 is 0.923 bits per heavy atom. The fourth-order valence-electron chi connectivity index (χ4n) is 4.25. The molecule has 7 nitrogen and oxygen atoms in total. The zero-order valence-electron chi connectivity index (χ0n) is 22.8. The van der Waals surface area contributed by atoms with Crippen molar-refractivity contribution in [2.45, 2.75) is 57.5 Å². The van der Waals surface area contributed by atoms with Crippen molar-refractivity contribution in [1.29, 1.82) is 0 Å². The molecule has 3 aromatic carbocycles. The van der Waals surface area contributed by atoms with Gasteiger partial charge >= 0.3 is 0 Å². The van der Waals surface area contributed by atoms with Crippen LogP contribution in [0.15, 0.2) is 83.8 Å². The molecule has 0 heterocycles. The van der Waals surface area contributed by atoms with Crippen LogP contribution in [0.4, 0.5) is 5.69 Å². The second kappa shape index (κ2) is 13.6. The Bertz CT molecular complexity index is 1350. The van der Waals surface area contributed by atoms with Crippen molar-refractivity contribution in [3.63, 3.8) is 0 Å². The molecule has 1 atom stereocenters. The number of benzene rings is 3. The number of rotatable bonds is 12. The molecule has 0 aliphatic heterocycles. The molecular weight excluding hydrogens is 534 g/mol. The molecule has 0 fully saturated rings. The lowest BCUT2D eigenvalue weighted by Crippen LogP contribution is -2.54. The summed E-state index contributed by atoms with van der Waals surface area (Å²) in [5.74, 6) is -0.740. The van der Waals surface area contributed by atoms with Gasteiger partial charge in [-0.25, -0.2) is 8.42 Å². The van der Waals surface area contributed by atoms with Crippen LogP contribution in [0.2, 0.25) is 5.02 Å². The van der Waals surface area contributed by atoms with Crippen molar-refractivity contribution in [3.05, 3.63) is 95.0 Å². The molecule has 0 radical (unpaired) electrons. The number of aryl methyl sites for hydroxylation is 1. The first kappa shape index (κ1) is 30.2. The normalized spacial score (nSPS) is 12.2. The summed E-state index contributed by atoms with van der Waals surface area (Å²) in [6.07, 6.45) is 0.897. The van der Waals surface area contributed by atoms with Crippen LogP contribution in [0.25, 0.3) is 0 Å². The van der Waals surface area contributed by atoms with E-state index in [2.05, 4.69) is 5.32 Å². The molecule has 0 saturated heterocycles. The minimum Gasteiger partial charge on any atom is -0.352 e. The van der Waals surface area contributed by atoms with Crippen molar-refractivity contribution in [2.75, 3.05) is 17.4 Å².